The number of ketones is 1. The van der Waals surface area contributed by atoms with Gasteiger partial charge in [0.05, 0.1) is 27.7 Å². The lowest BCUT2D eigenvalue weighted by molar-refractivity contribution is 0.102. The van der Waals surface area contributed by atoms with Gasteiger partial charge in [-0.25, -0.2) is 4.79 Å². The third kappa shape index (κ3) is 4.94. The highest BCUT2D eigenvalue weighted by Gasteiger charge is 2.15. The number of methoxy groups -OCH3 is 1. The highest BCUT2D eigenvalue weighted by atomic mass is 79.9. The quantitative estimate of drug-likeness (QED) is 0.460. The normalized spacial score (nSPS) is 10.2. The summed E-state index contributed by atoms with van der Waals surface area (Å²) >= 11 is 15.0. The predicted molar refractivity (Wildman–Crippen MR) is 81.4 cm³/mol. The molecule has 110 valence electrons. The number of carbonyl (C=O) groups excluding carboxylic acids is 2. The van der Waals surface area contributed by atoms with Gasteiger partial charge in [-0.1, -0.05) is 39.1 Å². The van der Waals surface area contributed by atoms with Crippen LogP contribution in [-0.2, 0) is 9.47 Å². The SMILES string of the molecule is COCCOC(=O)Nc1c(Cl)cc(C(=O)CBr)cc1Cl. The Kier molecular flexibility index (Phi) is 7.29. The third-order valence-electron chi connectivity index (χ3n) is 2.23. The van der Waals surface area contributed by atoms with Crippen LogP contribution in [0.25, 0.3) is 0 Å². The van der Waals surface area contributed by atoms with Crippen LogP contribution in [0.1, 0.15) is 10.4 Å². The molecule has 0 saturated heterocycles. The van der Waals surface area contributed by atoms with Crippen molar-refractivity contribution in [3.8, 4) is 0 Å². The first-order valence-corrected chi connectivity index (χ1v) is 7.38. The van der Waals surface area contributed by atoms with Crippen LogP contribution < -0.4 is 5.32 Å². The monoisotopic (exact) mass is 383 g/mol. The van der Waals surface area contributed by atoms with Crippen molar-refractivity contribution in [3.05, 3.63) is 27.7 Å². The number of alkyl halides is 1. The average Bonchev–Trinajstić information content (AvgIpc) is 2.42. The van der Waals surface area contributed by atoms with Crippen molar-refractivity contribution in [3.63, 3.8) is 0 Å². The Morgan fingerprint density at radius 3 is 2.35 bits per heavy atom. The molecule has 0 aliphatic heterocycles. The Morgan fingerprint density at radius 1 is 1.25 bits per heavy atom. The van der Waals surface area contributed by atoms with Crippen LogP contribution in [0, 0.1) is 0 Å². The van der Waals surface area contributed by atoms with Crippen LogP contribution in [0.15, 0.2) is 12.1 Å². The summed E-state index contributed by atoms with van der Waals surface area (Å²) in [5, 5.41) is 2.89. The van der Waals surface area contributed by atoms with E-state index in [-0.39, 0.29) is 40.1 Å². The molecule has 5 nitrogen and oxygen atoms in total. The second-order valence-electron chi connectivity index (χ2n) is 3.63. The van der Waals surface area contributed by atoms with E-state index in [1.807, 2.05) is 0 Å². The molecule has 0 bridgehead atoms. The fourth-order valence-electron chi connectivity index (χ4n) is 1.29. The Balaban J connectivity index is 2.81. The average molecular weight is 385 g/mol. The van der Waals surface area contributed by atoms with E-state index in [1.54, 1.807) is 0 Å². The van der Waals surface area contributed by atoms with Gasteiger partial charge in [0.25, 0.3) is 0 Å². The number of ether oxygens (including phenoxy) is 2. The molecular formula is C12H12BrCl2NO4. The fraction of sp³-hybridized carbons (Fsp3) is 0.333. The molecule has 0 fully saturated rings. The maximum Gasteiger partial charge on any atom is 0.411 e. The van der Waals surface area contributed by atoms with Gasteiger partial charge in [-0.15, -0.1) is 0 Å². The summed E-state index contributed by atoms with van der Waals surface area (Å²) in [7, 11) is 1.49. The first-order valence-electron chi connectivity index (χ1n) is 5.50. The number of carbonyl (C=O) groups is 2. The zero-order valence-corrected chi connectivity index (χ0v) is 13.6. The lowest BCUT2D eigenvalue weighted by Gasteiger charge is -2.11. The zero-order chi connectivity index (χ0) is 15.1. The predicted octanol–water partition coefficient (Wildman–Crippen LogP) is 3.77. The molecule has 1 aromatic rings. The number of nitrogens with one attached hydrogen (secondary N) is 1. The van der Waals surface area contributed by atoms with Gasteiger partial charge in [0.1, 0.15) is 6.61 Å². The molecule has 0 aromatic heterocycles. The van der Waals surface area contributed by atoms with Crippen molar-refractivity contribution in [2.24, 2.45) is 0 Å². The van der Waals surface area contributed by atoms with Gasteiger partial charge in [-0.2, -0.15) is 0 Å². The number of amides is 1. The topological polar surface area (TPSA) is 64.6 Å². The second kappa shape index (κ2) is 8.46. The number of rotatable bonds is 6. The molecule has 0 saturated carbocycles. The fourth-order valence-corrected chi connectivity index (χ4v) is 2.19. The molecule has 1 aromatic carbocycles. The van der Waals surface area contributed by atoms with Crippen molar-refractivity contribution < 1.29 is 19.1 Å². The summed E-state index contributed by atoms with van der Waals surface area (Å²) in [6.07, 6.45) is -0.703. The number of halogens is 3. The van der Waals surface area contributed by atoms with E-state index in [1.165, 1.54) is 19.2 Å². The van der Waals surface area contributed by atoms with Crippen molar-refractivity contribution in [1.29, 1.82) is 0 Å². The number of benzene rings is 1. The van der Waals surface area contributed by atoms with E-state index in [2.05, 4.69) is 21.2 Å². The summed E-state index contributed by atoms with van der Waals surface area (Å²) in [5.41, 5.74) is 0.553. The van der Waals surface area contributed by atoms with Crippen LogP contribution in [0.3, 0.4) is 0 Å². The summed E-state index contributed by atoms with van der Waals surface area (Å²) < 4.78 is 9.57. The van der Waals surface area contributed by atoms with E-state index in [0.29, 0.717) is 5.56 Å². The summed E-state index contributed by atoms with van der Waals surface area (Å²) in [6.45, 7) is 0.394. The summed E-state index contributed by atoms with van der Waals surface area (Å²) in [4.78, 5) is 23.0. The van der Waals surface area contributed by atoms with E-state index < -0.39 is 6.09 Å². The highest BCUT2D eigenvalue weighted by Crippen LogP contribution is 2.32. The molecular weight excluding hydrogens is 373 g/mol. The maximum atomic E-state index is 11.5. The largest absolute Gasteiger partial charge is 0.447 e. The molecule has 1 amide bonds. The smallest absolute Gasteiger partial charge is 0.411 e. The van der Waals surface area contributed by atoms with Gasteiger partial charge >= 0.3 is 6.09 Å². The molecule has 0 unspecified atom stereocenters. The number of anilines is 1. The number of Topliss-reactive ketones (excluding diaryl/α,β-unsaturated/α-hetero) is 1. The first kappa shape index (κ1) is 17.2. The van der Waals surface area contributed by atoms with Crippen LogP contribution in [0.4, 0.5) is 10.5 Å². The maximum absolute atomic E-state index is 11.5. The van der Waals surface area contributed by atoms with Crippen LogP contribution in [0.2, 0.25) is 10.0 Å². The molecule has 1 rings (SSSR count). The van der Waals surface area contributed by atoms with E-state index in [4.69, 9.17) is 32.7 Å². The molecule has 0 aliphatic rings. The Bertz CT molecular complexity index is 487. The van der Waals surface area contributed by atoms with Crippen molar-refractivity contribution in [1.82, 2.24) is 0 Å². The van der Waals surface area contributed by atoms with Crippen LogP contribution in [-0.4, -0.2) is 37.5 Å². The van der Waals surface area contributed by atoms with Crippen LogP contribution >= 0.6 is 39.1 Å². The van der Waals surface area contributed by atoms with Gasteiger partial charge in [-0.3, -0.25) is 10.1 Å². The van der Waals surface area contributed by atoms with Gasteiger partial charge < -0.3 is 9.47 Å². The standard InChI is InChI=1S/C12H12BrCl2NO4/c1-19-2-3-20-12(18)16-11-8(14)4-7(5-9(11)15)10(17)6-13/h4-5H,2-3,6H2,1H3,(H,16,18). The third-order valence-corrected chi connectivity index (χ3v) is 3.34. The minimum absolute atomic E-state index is 0.109. The molecule has 1 N–H and O–H groups in total. The first-order chi connectivity index (χ1) is 9.49. The minimum Gasteiger partial charge on any atom is -0.447 e. The minimum atomic E-state index is -0.703. The Hall–Kier alpha value is -0.820. The Labute approximate surface area is 134 Å². The number of hydrogen-bond acceptors (Lipinski definition) is 4. The molecule has 0 aliphatic carbocycles. The zero-order valence-electron chi connectivity index (χ0n) is 10.5. The van der Waals surface area contributed by atoms with Gasteiger partial charge in [-0.05, 0) is 12.1 Å². The molecule has 20 heavy (non-hydrogen) atoms. The van der Waals surface area contributed by atoms with Crippen molar-refractivity contribution in [2.75, 3.05) is 31.0 Å². The summed E-state index contributed by atoms with van der Waals surface area (Å²) in [5.74, 6) is -0.164. The molecule has 0 atom stereocenters. The lowest BCUT2D eigenvalue weighted by atomic mass is 10.1. The van der Waals surface area contributed by atoms with E-state index in [0.717, 1.165) is 0 Å². The second-order valence-corrected chi connectivity index (χ2v) is 5.00. The van der Waals surface area contributed by atoms with Crippen molar-refractivity contribution in [2.45, 2.75) is 0 Å². The number of hydrogen-bond donors (Lipinski definition) is 1. The van der Waals surface area contributed by atoms with Crippen LogP contribution in [0.5, 0.6) is 0 Å². The molecule has 0 heterocycles. The van der Waals surface area contributed by atoms with Gasteiger partial charge in [0.15, 0.2) is 5.78 Å². The van der Waals surface area contributed by atoms with E-state index >= 15 is 0 Å². The Morgan fingerprint density at radius 2 is 1.85 bits per heavy atom. The lowest BCUT2D eigenvalue weighted by Crippen LogP contribution is -2.17. The van der Waals surface area contributed by atoms with Crippen molar-refractivity contribution >= 4 is 56.7 Å². The molecule has 8 heteroatoms. The highest BCUT2D eigenvalue weighted by molar-refractivity contribution is 9.09. The van der Waals surface area contributed by atoms with Gasteiger partial charge in [0, 0.05) is 12.7 Å². The van der Waals surface area contributed by atoms with E-state index in [9.17, 15) is 9.59 Å². The molecule has 0 spiro atoms. The van der Waals surface area contributed by atoms with Gasteiger partial charge in [0.2, 0.25) is 0 Å². The summed E-state index contributed by atoms with van der Waals surface area (Å²) in [6, 6.07) is 2.86. The molecule has 0 radical (unpaired) electrons.